The average molecular weight is 537 g/mol. The molecular formula is C35H36O5. The van der Waals surface area contributed by atoms with E-state index in [1.807, 2.05) is 42.5 Å². The van der Waals surface area contributed by atoms with Crippen LogP contribution >= 0.6 is 0 Å². The van der Waals surface area contributed by atoms with Crippen LogP contribution in [0.1, 0.15) is 58.8 Å². The quantitative estimate of drug-likeness (QED) is 0.132. The predicted octanol–water partition coefficient (Wildman–Crippen LogP) is 7.71. The molecule has 0 unspecified atom stereocenters. The Kier molecular flexibility index (Phi) is 10.1. The van der Waals surface area contributed by atoms with Crippen molar-refractivity contribution >= 4 is 11.8 Å². The summed E-state index contributed by atoms with van der Waals surface area (Å²) in [5, 5.41) is 8.88. The normalized spacial score (nSPS) is 10.8. The summed E-state index contributed by atoms with van der Waals surface area (Å²) in [6.45, 7) is 5.24. The summed E-state index contributed by atoms with van der Waals surface area (Å²) in [4.78, 5) is 24.3. The van der Waals surface area contributed by atoms with E-state index in [9.17, 15) is 9.59 Å². The van der Waals surface area contributed by atoms with Crippen LogP contribution in [0.4, 0.5) is 0 Å². The highest BCUT2D eigenvalue weighted by Crippen LogP contribution is 2.28. The molecule has 0 aromatic heterocycles. The molecule has 0 heterocycles. The lowest BCUT2D eigenvalue weighted by Crippen LogP contribution is -2.09. The molecule has 0 radical (unpaired) electrons. The summed E-state index contributed by atoms with van der Waals surface area (Å²) in [7, 11) is 0. The summed E-state index contributed by atoms with van der Waals surface area (Å²) in [6, 6.07) is 29.1. The molecule has 0 aliphatic carbocycles. The highest BCUT2D eigenvalue weighted by molar-refractivity contribution is 6.10. The van der Waals surface area contributed by atoms with Gasteiger partial charge in [-0.3, -0.25) is 9.59 Å². The Labute approximate surface area is 236 Å². The van der Waals surface area contributed by atoms with E-state index in [1.165, 1.54) is 5.56 Å². The topological polar surface area (TPSA) is 72.8 Å². The summed E-state index contributed by atoms with van der Waals surface area (Å²) in [5.74, 6) is 0.641. The predicted molar refractivity (Wildman–Crippen MR) is 158 cm³/mol. The minimum atomic E-state index is -0.849. The first-order valence-electron chi connectivity index (χ1n) is 13.8. The molecule has 4 aromatic rings. The number of ether oxygens (including phenoxy) is 2. The van der Waals surface area contributed by atoms with Gasteiger partial charge in [0.2, 0.25) is 0 Å². The molecule has 0 aliphatic heterocycles. The molecule has 4 aromatic carbocycles. The molecule has 40 heavy (non-hydrogen) atoms. The van der Waals surface area contributed by atoms with Gasteiger partial charge in [-0.2, -0.15) is 0 Å². The Morgan fingerprint density at radius 3 is 2.00 bits per heavy atom. The zero-order valence-electron chi connectivity index (χ0n) is 23.2. The lowest BCUT2D eigenvalue weighted by Gasteiger charge is -2.15. The third-order valence-electron chi connectivity index (χ3n) is 6.75. The van der Waals surface area contributed by atoms with Crippen molar-refractivity contribution in [1.82, 2.24) is 0 Å². The zero-order valence-corrected chi connectivity index (χ0v) is 23.2. The van der Waals surface area contributed by atoms with Crippen LogP contribution in [0.15, 0.2) is 91.0 Å². The monoisotopic (exact) mass is 536 g/mol. The molecule has 4 rings (SSSR count). The number of carbonyl (C=O) groups is 2. The number of aliphatic carboxylic acids is 1. The van der Waals surface area contributed by atoms with E-state index >= 15 is 0 Å². The molecular weight excluding hydrogens is 500 g/mol. The number of hydrogen-bond acceptors (Lipinski definition) is 4. The maximum Gasteiger partial charge on any atom is 0.307 e. The fourth-order valence-electron chi connectivity index (χ4n) is 4.59. The lowest BCUT2D eigenvalue weighted by atomic mass is 9.94. The van der Waals surface area contributed by atoms with Gasteiger partial charge in [-0.25, -0.2) is 0 Å². The average Bonchev–Trinajstić information content (AvgIpc) is 2.96. The fraction of sp³-hybridized carbons (Fsp3) is 0.257. The van der Waals surface area contributed by atoms with Crippen LogP contribution in [0.2, 0.25) is 0 Å². The molecule has 0 spiro atoms. The van der Waals surface area contributed by atoms with E-state index in [1.54, 1.807) is 24.3 Å². The van der Waals surface area contributed by atoms with E-state index < -0.39 is 5.97 Å². The highest BCUT2D eigenvalue weighted by atomic mass is 16.5. The maximum atomic E-state index is 13.5. The Hall–Kier alpha value is -4.38. The maximum absolute atomic E-state index is 13.5. The molecule has 0 atom stereocenters. The number of ketones is 1. The second kappa shape index (κ2) is 14.1. The van der Waals surface area contributed by atoms with Crippen LogP contribution in [-0.4, -0.2) is 30.1 Å². The second-order valence-electron chi connectivity index (χ2n) is 9.92. The van der Waals surface area contributed by atoms with Crippen molar-refractivity contribution in [1.29, 1.82) is 0 Å². The molecule has 0 saturated heterocycles. The van der Waals surface area contributed by atoms with Gasteiger partial charge in [0.05, 0.1) is 19.6 Å². The van der Waals surface area contributed by atoms with Crippen molar-refractivity contribution in [3.63, 3.8) is 0 Å². The van der Waals surface area contributed by atoms with Crippen molar-refractivity contribution in [2.24, 2.45) is 0 Å². The second-order valence-corrected chi connectivity index (χ2v) is 9.92. The van der Waals surface area contributed by atoms with Crippen LogP contribution in [0.3, 0.4) is 0 Å². The van der Waals surface area contributed by atoms with E-state index in [0.29, 0.717) is 24.3 Å². The van der Waals surface area contributed by atoms with Crippen molar-refractivity contribution in [3.05, 3.63) is 119 Å². The molecule has 0 bridgehead atoms. The Morgan fingerprint density at radius 2 is 1.38 bits per heavy atom. The van der Waals surface area contributed by atoms with Crippen molar-refractivity contribution in [2.45, 2.75) is 46.0 Å². The van der Waals surface area contributed by atoms with Gasteiger partial charge in [-0.05, 0) is 61.1 Å². The number of unbranched alkanes of at least 4 members (excludes halogenated alkanes) is 1. The van der Waals surface area contributed by atoms with Gasteiger partial charge in [0.25, 0.3) is 0 Å². The molecule has 5 heteroatoms. The molecule has 1 N–H and O–H groups in total. The largest absolute Gasteiger partial charge is 0.494 e. The van der Waals surface area contributed by atoms with Crippen LogP contribution in [0.25, 0.3) is 11.1 Å². The Balaban J connectivity index is 1.33. The molecule has 0 saturated carbocycles. The smallest absolute Gasteiger partial charge is 0.307 e. The summed E-state index contributed by atoms with van der Waals surface area (Å²) < 4.78 is 11.9. The minimum Gasteiger partial charge on any atom is -0.494 e. The third kappa shape index (κ3) is 7.82. The molecule has 0 fully saturated rings. The lowest BCUT2D eigenvalue weighted by molar-refractivity contribution is -0.136. The standard InChI is InChI=1S/C35H36O5/c1-3-7-31-32(35(38)29-18-16-28(17-19-29)27-14-10-25(2)11-15-27)8-6-9-33(31)40-23-5-4-22-39-30-20-12-26(13-21-30)24-34(36)37/h6,8-21H,3-5,7,22-24H2,1-2H3,(H,36,37). The summed E-state index contributed by atoms with van der Waals surface area (Å²) >= 11 is 0. The SMILES string of the molecule is CCCc1c(OCCCCOc2ccc(CC(=O)O)cc2)cccc1C(=O)c1ccc(-c2ccc(C)cc2)cc1. The van der Waals surface area contributed by atoms with E-state index in [2.05, 4.69) is 38.1 Å². The van der Waals surface area contributed by atoms with Crippen LogP contribution < -0.4 is 9.47 Å². The molecule has 0 amide bonds. The molecule has 5 nitrogen and oxygen atoms in total. The number of benzene rings is 4. The van der Waals surface area contributed by atoms with Gasteiger partial charge in [0, 0.05) is 16.7 Å². The van der Waals surface area contributed by atoms with Gasteiger partial charge in [0.1, 0.15) is 11.5 Å². The van der Waals surface area contributed by atoms with Crippen LogP contribution in [0, 0.1) is 6.92 Å². The highest BCUT2D eigenvalue weighted by Gasteiger charge is 2.17. The van der Waals surface area contributed by atoms with Gasteiger partial charge in [-0.15, -0.1) is 0 Å². The first-order valence-corrected chi connectivity index (χ1v) is 13.8. The van der Waals surface area contributed by atoms with Crippen LogP contribution in [-0.2, 0) is 17.6 Å². The first-order chi connectivity index (χ1) is 19.4. The summed E-state index contributed by atoms with van der Waals surface area (Å²) in [6.07, 6.45) is 3.30. The minimum absolute atomic E-state index is 0.00470. The van der Waals surface area contributed by atoms with Crippen molar-refractivity contribution in [3.8, 4) is 22.6 Å². The molecule has 206 valence electrons. The number of carbonyl (C=O) groups excluding carboxylic acids is 1. The number of rotatable bonds is 14. The van der Waals surface area contributed by atoms with Gasteiger partial charge >= 0.3 is 5.97 Å². The van der Waals surface area contributed by atoms with E-state index in [0.717, 1.165) is 59.4 Å². The van der Waals surface area contributed by atoms with Crippen molar-refractivity contribution < 1.29 is 24.2 Å². The van der Waals surface area contributed by atoms with Gasteiger partial charge in [0.15, 0.2) is 5.78 Å². The van der Waals surface area contributed by atoms with E-state index in [4.69, 9.17) is 14.6 Å². The number of hydrogen-bond donors (Lipinski definition) is 1. The zero-order chi connectivity index (χ0) is 28.3. The number of carboxylic acids is 1. The molecule has 0 aliphatic rings. The van der Waals surface area contributed by atoms with E-state index in [-0.39, 0.29) is 12.2 Å². The van der Waals surface area contributed by atoms with Crippen molar-refractivity contribution in [2.75, 3.05) is 13.2 Å². The number of carboxylic acid groups (broad SMARTS) is 1. The number of aryl methyl sites for hydroxylation is 1. The third-order valence-corrected chi connectivity index (χ3v) is 6.75. The first kappa shape index (κ1) is 28.6. The summed E-state index contributed by atoms with van der Waals surface area (Å²) in [5.41, 5.74) is 6.49. The Morgan fingerprint density at radius 1 is 0.750 bits per heavy atom. The fourth-order valence-corrected chi connectivity index (χ4v) is 4.59. The van der Waals surface area contributed by atoms with Gasteiger partial charge < -0.3 is 14.6 Å². The van der Waals surface area contributed by atoms with Gasteiger partial charge in [-0.1, -0.05) is 91.7 Å². The Bertz CT molecular complexity index is 1400. The van der Waals surface area contributed by atoms with Crippen LogP contribution in [0.5, 0.6) is 11.5 Å².